The lowest BCUT2D eigenvalue weighted by molar-refractivity contribution is -0.150. The van der Waals surface area contributed by atoms with Crippen LogP contribution in [-0.2, 0) is 9.53 Å². The predicted molar refractivity (Wildman–Crippen MR) is 87.0 cm³/mol. The molecule has 0 spiro atoms. The molecule has 3 rings (SSSR count). The molecule has 23 heavy (non-hydrogen) atoms. The average Bonchev–Trinajstić information content (AvgIpc) is 3.25. The van der Waals surface area contributed by atoms with E-state index in [9.17, 15) is 4.79 Å². The molecule has 2 atom stereocenters. The van der Waals surface area contributed by atoms with Crippen LogP contribution in [0.5, 0.6) is 0 Å². The van der Waals surface area contributed by atoms with Crippen LogP contribution in [0, 0.1) is 5.92 Å². The van der Waals surface area contributed by atoms with Crippen LogP contribution >= 0.6 is 11.3 Å². The third-order valence-corrected chi connectivity index (χ3v) is 5.01. The highest BCUT2D eigenvalue weighted by Gasteiger charge is 2.31. The van der Waals surface area contributed by atoms with Gasteiger partial charge in [-0.3, -0.25) is 9.69 Å². The summed E-state index contributed by atoms with van der Waals surface area (Å²) in [7, 11) is 0. The Bertz CT molecular complexity index is 641. The normalized spacial score (nSPS) is 20.3. The molecule has 2 aromatic rings. The molecule has 1 aliphatic rings. The number of likely N-dealkylation sites (tertiary alicyclic amines) is 1. The molecule has 2 aromatic heterocycles. The molecule has 0 unspecified atom stereocenters. The first-order chi connectivity index (χ1) is 11.2. The fourth-order valence-corrected chi connectivity index (χ4v) is 3.51. The van der Waals surface area contributed by atoms with Crippen molar-refractivity contribution in [2.45, 2.75) is 32.7 Å². The number of rotatable bonds is 5. The second-order valence-electron chi connectivity index (χ2n) is 5.68. The first-order valence-electron chi connectivity index (χ1n) is 7.97. The number of ether oxygens (including phenoxy) is 1. The van der Waals surface area contributed by atoms with Crippen LogP contribution in [-0.4, -0.2) is 40.8 Å². The van der Waals surface area contributed by atoms with Gasteiger partial charge < -0.3 is 9.15 Å². The number of nitrogens with zero attached hydrogens (tertiary/aromatic N) is 3. The number of esters is 1. The van der Waals surface area contributed by atoms with Gasteiger partial charge in [-0.25, -0.2) is 0 Å². The maximum absolute atomic E-state index is 12.0. The molecular weight excluding hydrogens is 314 g/mol. The molecule has 3 heterocycles. The van der Waals surface area contributed by atoms with Crippen molar-refractivity contribution in [2.24, 2.45) is 5.92 Å². The number of piperidine rings is 1. The summed E-state index contributed by atoms with van der Waals surface area (Å²) in [4.78, 5) is 15.2. The van der Waals surface area contributed by atoms with E-state index in [1.807, 2.05) is 31.4 Å². The van der Waals surface area contributed by atoms with Crippen molar-refractivity contribution < 1.29 is 13.9 Å². The Balaban J connectivity index is 1.67. The van der Waals surface area contributed by atoms with E-state index in [1.165, 1.54) is 0 Å². The minimum absolute atomic E-state index is 0.00608. The van der Waals surface area contributed by atoms with Crippen molar-refractivity contribution in [3.8, 4) is 10.8 Å². The highest BCUT2D eigenvalue weighted by atomic mass is 32.1. The molecule has 0 amide bonds. The quantitative estimate of drug-likeness (QED) is 0.782. The lowest BCUT2D eigenvalue weighted by atomic mass is 9.97. The zero-order valence-electron chi connectivity index (χ0n) is 13.4. The van der Waals surface area contributed by atoms with Crippen molar-refractivity contribution in [1.29, 1.82) is 0 Å². The van der Waals surface area contributed by atoms with E-state index in [0.717, 1.165) is 24.3 Å². The van der Waals surface area contributed by atoms with Crippen molar-refractivity contribution in [3.63, 3.8) is 0 Å². The second kappa shape index (κ2) is 7.23. The van der Waals surface area contributed by atoms with Crippen molar-refractivity contribution in [2.75, 3.05) is 19.7 Å². The molecule has 0 radical (unpaired) electrons. The van der Waals surface area contributed by atoms with E-state index in [1.54, 1.807) is 11.3 Å². The van der Waals surface area contributed by atoms with Crippen LogP contribution in [0.3, 0.4) is 0 Å². The zero-order chi connectivity index (χ0) is 16.2. The molecule has 1 fully saturated rings. The molecular formula is C16H21N3O3S. The maximum Gasteiger partial charge on any atom is 0.310 e. The van der Waals surface area contributed by atoms with Crippen LogP contribution < -0.4 is 0 Å². The van der Waals surface area contributed by atoms with Gasteiger partial charge in [0.25, 0.3) is 5.89 Å². The molecule has 1 aliphatic heterocycles. The highest BCUT2D eigenvalue weighted by molar-refractivity contribution is 7.13. The fourth-order valence-electron chi connectivity index (χ4n) is 2.87. The zero-order valence-corrected chi connectivity index (χ0v) is 14.2. The molecule has 0 saturated carbocycles. The summed E-state index contributed by atoms with van der Waals surface area (Å²) in [6.07, 6.45) is 1.85. The number of carbonyl (C=O) groups is 1. The fraction of sp³-hybridized carbons (Fsp3) is 0.562. The molecule has 0 bridgehead atoms. The summed E-state index contributed by atoms with van der Waals surface area (Å²) in [5.41, 5.74) is 0. The Morgan fingerprint density at radius 2 is 2.43 bits per heavy atom. The number of carbonyl (C=O) groups excluding carboxylic acids is 1. The first-order valence-corrected chi connectivity index (χ1v) is 8.85. The van der Waals surface area contributed by atoms with Crippen LogP contribution in [0.4, 0.5) is 0 Å². The first kappa shape index (κ1) is 16.1. The van der Waals surface area contributed by atoms with Crippen LogP contribution in [0.2, 0.25) is 0 Å². The molecule has 0 aromatic carbocycles. The van der Waals surface area contributed by atoms with Gasteiger partial charge in [-0.1, -0.05) is 6.07 Å². The minimum atomic E-state index is -0.103. The maximum atomic E-state index is 12.0. The van der Waals surface area contributed by atoms with Gasteiger partial charge in [0.15, 0.2) is 0 Å². The Kier molecular flexibility index (Phi) is 5.07. The van der Waals surface area contributed by atoms with Crippen LogP contribution in [0.25, 0.3) is 10.8 Å². The van der Waals surface area contributed by atoms with Gasteiger partial charge in [0.2, 0.25) is 5.89 Å². The van der Waals surface area contributed by atoms with E-state index in [2.05, 4.69) is 15.1 Å². The van der Waals surface area contributed by atoms with Gasteiger partial charge in [-0.2, -0.15) is 0 Å². The topological polar surface area (TPSA) is 68.5 Å². The largest absolute Gasteiger partial charge is 0.466 e. The van der Waals surface area contributed by atoms with Gasteiger partial charge >= 0.3 is 5.97 Å². The summed E-state index contributed by atoms with van der Waals surface area (Å²) in [5, 5.41) is 10.3. The van der Waals surface area contributed by atoms with E-state index in [-0.39, 0.29) is 17.9 Å². The summed E-state index contributed by atoms with van der Waals surface area (Å²) in [5.74, 6) is 0.985. The standard InChI is InChI=1S/C16H21N3O3S/c1-3-21-16(20)12-6-4-8-19(10-12)11(2)14-17-18-15(22-14)13-7-5-9-23-13/h5,7,9,11-12H,3-4,6,8,10H2,1-2H3/t11-,12+/m0/s1. The number of thiophene rings is 1. The monoisotopic (exact) mass is 335 g/mol. The number of hydrogen-bond donors (Lipinski definition) is 0. The van der Waals surface area contributed by atoms with Crippen molar-refractivity contribution in [1.82, 2.24) is 15.1 Å². The van der Waals surface area contributed by atoms with Gasteiger partial charge in [0.05, 0.1) is 23.4 Å². The lowest BCUT2D eigenvalue weighted by Crippen LogP contribution is -2.40. The van der Waals surface area contributed by atoms with E-state index in [0.29, 0.717) is 24.9 Å². The van der Waals surface area contributed by atoms with Gasteiger partial charge in [-0.15, -0.1) is 21.5 Å². The van der Waals surface area contributed by atoms with E-state index >= 15 is 0 Å². The van der Waals surface area contributed by atoms with Gasteiger partial charge in [0, 0.05) is 6.54 Å². The molecule has 0 N–H and O–H groups in total. The second-order valence-corrected chi connectivity index (χ2v) is 6.63. The summed E-state index contributed by atoms with van der Waals surface area (Å²) < 4.78 is 11.0. The summed E-state index contributed by atoms with van der Waals surface area (Å²) in [6.45, 7) is 5.91. The lowest BCUT2D eigenvalue weighted by Gasteiger charge is -2.34. The molecule has 7 heteroatoms. The van der Waals surface area contributed by atoms with Crippen molar-refractivity contribution in [3.05, 3.63) is 23.4 Å². The minimum Gasteiger partial charge on any atom is -0.466 e. The Hall–Kier alpha value is -1.73. The van der Waals surface area contributed by atoms with E-state index in [4.69, 9.17) is 9.15 Å². The molecule has 6 nitrogen and oxygen atoms in total. The third kappa shape index (κ3) is 3.61. The smallest absolute Gasteiger partial charge is 0.310 e. The molecule has 1 saturated heterocycles. The SMILES string of the molecule is CCOC(=O)[C@@H]1CCCN([C@@H](C)c2nnc(-c3cccs3)o2)C1. The Morgan fingerprint density at radius 1 is 1.57 bits per heavy atom. The molecule has 0 aliphatic carbocycles. The van der Waals surface area contributed by atoms with Crippen LogP contribution in [0.15, 0.2) is 21.9 Å². The molecule has 124 valence electrons. The van der Waals surface area contributed by atoms with E-state index < -0.39 is 0 Å². The number of aromatic nitrogens is 2. The number of hydrogen-bond acceptors (Lipinski definition) is 7. The Morgan fingerprint density at radius 3 is 3.17 bits per heavy atom. The average molecular weight is 335 g/mol. The summed E-state index contributed by atoms with van der Waals surface area (Å²) in [6, 6.07) is 3.92. The van der Waals surface area contributed by atoms with Gasteiger partial charge in [-0.05, 0) is 44.7 Å². The predicted octanol–water partition coefficient (Wildman–Crippen LogP) is 3.13. The highest BCUT2D eigenvalue weighted by Crippen LogP contribution is 2.29. The third-order valence-electron chi connectivity index (χ3n) is 4.15. The van der Waals surface area contributed by atoms with Crippen molar-refractivity contribution >= 4 is 17.3 Å². The Labute approximate surface area is 139 Å². The summed E-state index contributed by atoms with van der Waals surface area (Å²) >= 11 is 1.58. The van der Waals surface area contributed by atoms with Gasteiger partial charge in [0.1, 0.15) is 0 Å². The van der Waals surface area contributed by atoms with Crippen LogP contribution in [0.1, 0.15) is 38.6 Å².